The van der Waals surface area contributed by atoms with E-state index in [9.17, 15) is 9.59 Å². The molecule has 2 N–H and O–H groups in total. The fourth-order valence-corrected chi connectivity index (χ4v) is 2.93. The zero-order valence-electron chi connectivity index (χ0n) is 16.4. The van der Waals surface area contributed by atoms with Crippen LogP contribution in [-0.2, 0) is 14.3 Å². The van der Waals surface area contributed by atoms with Crippen molar-refractivity contribution in [3.63, 3.8) is 0 Å². The number of hydrogen-bond donors (Lipinski definition) is 2. The van der Waals surface area contributed by atoms with Crippen LogP contribution in [0.2, 0.25) is 0 Å². The lowest BCUT2D eigenvalue weighted by Crippen LogP contribution is -2.06. The molecule has 7 nitrogen and oxygen atoms in total. The number of carbonyl (C=O) groups is 2. The Bertz CT molecular complexity index is 1050. The first-order chi connectivity index (χ1) is 14.0. The molecule has 0 atom stereocenters. The van der Waals surface area contributed by atoms with Gasteiger partial charge in [-0.25, -0.2) is 9.59 Å². The molecule has 0 bridgehead atoms. The van der Waals surface area contributed by atoms with Crippen LogP contribution in [0.4, 0.5) is 5.69 Å². The topological polar surface area (TPSA) is 89.7 Å². The van der Waals surface area contributed by atoms with Crippen molar-refractivity contribution in [1.82, 2.24) is 4.98 Å². The Hall–Kier alpha value is -3.74. The Labute approximate surface area is 168 Å². The number of ether oxygens (including phenoxy) is 3. The van der Waals surface area contributed by atoms with Gasteiger partial charge in [-0.1, -0.05) is 30.3 Å². The number of carbonyl (C=O) groups excluding carboxylic acids is 2. The monoisotopic (exact) mass is 394 g/mol. The van der Waals surface area contributed by atoms with Crippen molar-refractivity contribution in [2.75, 3.05) is 26.1 Å². The summed E-state index contributed by atoms with van der Waals surface area (Å²) in [5.74, 6) is -0.366. The summed E-state index contributed by atoms with van der Waals surface area (Å²) < 4.78 is 15.3. The molecule has 0 fully saturated rings. The van der Waals surface area contributed by atoms with Crippen LogP contribution in [0.15, 0.2) is 54.6 Å². The second-order valence-corrected chi connectivity index (χ2v) is 6.12. The number of methoxy groups -OCH3 is 2. The third-order valence-electron chi connectivity index (χ3n) is 4.23. The first-order valence-corrected chi connectivity index (χ1v) is 9.05. The van der Waals surface area contributed by atoms with Crippen LogP contribution in [-0.4, -0.2) is 37.7 Å². The zero-order valence-corrected chi connectivity index (χ0v) is 16.4. The molecule has 0 saturated carbocycles. The van der Waals surface area contributed by atoms with Crippen molar-refractivity contribution in [1.29, 1.82) is 0 Å². The minimum atomic E-state index is -0.468. The molecule has 2 aromatic carbocycles. The maximum atomic E-state index is 12.0. The summed E-state index contributed by atoms with van der Waals surface area (Å²) in [6.07, 6.45) is 1.41. The molecule has 3 aromatic rings. The number of esters is 2. The predicted molar refractivity (Wildman–Crippen MR) is 111 cm³/mol. The lowest BCUT2D eigenvalue weighted by molar-refractivity contribution is -0.137. The Kier molecular flexibility index (Phi) is 6.19. The molecule has 150 valence electrons. The lowest BCUT2D eigenvalue weighted by Gasteiger charge is -2.13. The van der Waals surface area contributed by atoms with Crippen molar-refractivity contribution in [3.05, 3.63) is 65.9 Å². The number of benzene rings is 2. The van der Waals surface area contributed by atoms with Gasteiger partial charge < -0.3 is 24.5 Å². The standard InChI is InChI=1S/C22H22N2O5/c1-4-29-20(25)13-17(14-8-6-5-7-9-14)23-16-10-15-11-18(22(26)28-3)24-21(15)19(12-16)27-2/h5-13,23-24H,4H2,1-3H3/b17-13+. The molecule has 0 amide bonds. The molecule has 0 saturated heterocycles. The average Bonchev–Trinajstić information content (AvgIpc) is 3.17. The molecule has 0 aliphatic carbocycles. The molecular weight excluding hydrogens is 372 g/mol. The Morgan fingerprint density at radius 1 is 1.10 bits per heavy atom. The van der Waals surface area contributed by atoms with Crippen LogP contribution >= 0.6 is 0 Å². The van der Waals surface area contributed by atoms with Crippen LogP contribution in [0.3, 0.4) is 0 Å². The highest BCUT2D eigenvalue weighted by molar-refractivity contribution is 6.00. The normalized spacial score (nSPS) is 11.2. The molecular formula is C22H22N2O5. The van der Waals surface area contributed by atoms with E-state index in [4.69, 9.17) is 14.2 Å². The minimum absolute atomic E-state index is 0.289. The van der Waals surface area contributed by atoms with Gasteiger partial charge in [-0.2, -0.15) is 0 Å². The maximum Gasteiger partial charge on any atom is 0.354 e. The van der Waals surface area contributed by atoms with Gasteiger partial charge in [0.15, 0.2) is 0 Å². The molecule has 0 aliphatic heterocycles. The fourth-order valence-electron chi connectivity index (χ4n) is 2.93. The number of fused-ring (bicyclic) bond motifs is 1. The van der Waals surface area contributed by atoms with Crippen molar-refractivity contribution in [3.8, 4) is 5.75 Å². The molecule has 1 aromatic heterocycles. The predicted octanol–water partition coefficient (Wildman–Crippen LogP) is 3.98. The van der Waals surface area contributed by atoms with Gasteiger partial charge >= 0.3 is 11.9 Å². The SMILES string of the molecule is CCOC(=O)/C=C(/Nc1cc(OC)c2[nH]c(C(=O)OC)cc2c1)c1ccccc1. The summed E-state index contributed by atoms with van der Waals surface area (Å²) in [4.78, 5) is 26.9. The van der Waals surface area contributed by atoms with E-state index in [1.165, 1.54) is 13.2 Å². The Balaban J connectivity index is 2.03. The fraction of sp³-hybridized carbons (Fsp3) is 0.182. The van der Waals surface area contributed by atoms with Crippen LogP contribution < -0.4 is 10.1 Å². The molecule has 29 heavy (non-hydrogen) atoms. The first-order valence-electron chi connectivity index (χ1n) is 9.05. The van der Waals surface area contributed by atoms with Crippen LogP contribution in [0.1, 0.15) is 23.0 Å². The molecule has 0 unspecified atom stereocenters. The van der Waals surface area contributed by atoms with E-state index in [0.29, 0.717) is 28.3 Å². The second kappa shape index (κ2) is 8.97. The highest BCUT2D eigenvalue weighted by atomic mass is 16.5. The van der Waals surface area contributed by atoms with Gasteiger partial charge in [0.05, 0.1) is 32.0 Å². The smallest absolute Gasteiger partial charge is 0.354 e. The van der Waals surface area contributed by atoms with Gasteiger partial charge in [0.1, 0.15) is 11.4 Å². The van der Waals surface area contributed by atoms with E-state index < -0.39 is 11.9 Å². The van der Waals surface area contributed by atoms with Crippen LogP contribution in [0.25, 0.3) is 16.6 Å². The number of H-pyrrole nitrogens is 1. The molecule has 0 aliphatic rings. The van der Waals surface area contributed by atoms with E-state index in [1.807, 2.05) is 36.4 Å². The summed E-state index contributed by atoms with van der Waals surface area (Å²) in [5.41, 5.74) is 3.08. The largest absolute Gasteiger partial charge is 0.494 e. The average molecular weight is 394 g/mol. The van der Waals surface area contributed by atoms with Crippen molar-refractivity contribution >= 4 is 34.2 Å². The first kappa shape index (κ1) is 20.0. The van der Waals surface area contributed by atoms with Crippen LogP contribution in [0, 0.1) is 0 Å². The zero-order chi connectivity index (χ0) is 20.8. The number of anilines is 1. The van der Waals surface area contributed by atoms with E-state index in [2.05, 4.69) is 10.3 Å². The second-order valence-electron chi connectivity index (χ2n) is 6.12. The van der Waals surface area contributed by atoms with Gasteiger partial charge in [0.25, 0.3) is 0 Å². The Morgan fingerprint density at radius 3 is 2.52 bits per heavy atom. The van der Waals surface area contributed by atoms with Gasteiger partial charge in [-0.15, -0.1) is 0 Å². The van der Waals surface area contributed by atoms with E-state index in [1.54, 1.807) is 26.2 Å². The highest BCUT2D eigenvalue weighted by Crippen LogP contribution is 2.32. The van der Waals surface area contributed by atoms with Crippen molar-refractivity contribution in [2.24, 2.45) is 0 Å². The number of aromatic amines is 1. The number of nitrogens with one attached hydrogen (secondary N) is 2. The van der Waals surface area contributed by atoms with E-state index in [-0.39, 0.29) is 6.61 Å². The molecule has 1 heterocycles. The summed E-state index contributed by atoms with van der Waals surface area (Å²) in [7, 11) is 2.87. The lowest BCUT2D eigenvalue weighted by atomic mass is 10.1. The summed E-state index contributed by atoms with van der Waals surface area (Å²) in [6.45, 7) is 2.04. The van der Waals surface area contributed by atoms with Gasteiger partial charge in [0, 0.05) is 23.2 Å². The summed E-state index contributed by atoms with van der Waals surface area (Å²) in [5, 5.41) is 4.01. The summed E-state index contributed by atoms with van der Waals surface area (Å²) in [6, 6.07) is 14.8. The maximum absolute atomic E-state index is 12.0. The summed E-state index contributed by atoms with van der Waals surface area (Å²) >= 11 is 0. The van der Waals surface area contributed by atoms with Gasteiger partial charge in [-0.3, -0.25) is 0 Å². The molecule has 3 rings (SSSR count). The van der Waals surface area contributed by atoms with Gasteiger partial charge in [0.2, 0.25) is 0 Å². The highest BCUT2D eigenvalue weighted by Gasteiger charge is 2.15. The van der Waals surface area contributed by atoms with E-state index >= 15 is 0 Å². The number of hydrogen-bond acceptors (Lipinski definition) is 6. The van der Waals surface area contributed by atoms with Crippen LogP contribution in [0.5, 0.6) is 5.75 Å². The minimum Gasteiger partial charge on any atom is -0.494 e. The van der Waals surface area contributed by atoms with Crippen molar-refractivity contribution < 1.29 is 23.8 Å². The number of rotatable bonds is 7. The quantitative estimate of drug-likeness (QED) is 0.465. The molecule has 0 radical (unpaired) electrons. The third kappa shape index (κ3) is 4.57. The van der Waals surface area contributed by atoms with Gasteiger partial charge in [-0.05, 0) is 24.6 Å². The number of aromatic nitrogens is 1. The third-order valence-corrected chi connectivity index (χ3v) is 4.23. The molecule has 0 spiro atoms. The van der Waals surface area contributed by atoms with Crippen molar-refractivity contribution in [2.45, 2.75) is 6.92 Å². The molecule has 7 heteroatoms. The Morgan fingerprint density at radius 2 is 1.86 bits per heavy atom. The van der Waals surface area contributed by atoms with E-state index in [0.717, 1.165) is 10.9 Å².